The third-order valence-corrected chi connectivity index (χ3v) is 1.55. The van der Waals surface area contributed by atoms with E-state index in [2.05, 4.69) is 10.3 Å². The molecule has 0 aromatic carbocycles. The maximum absolute atomic E-state index is 5.20. The predicted octanol–water partition coefficient (Wildman–Crippen LogP) is 0.809. The molecule has 0 atom stereocenters. The van der Waals surface area contributed by atoms with Crippen molar-refractivity contribution in [3.8, 4) is 6.08 Å². The van der Waals surface area contributed by atoms with Crippen LogP contribution in [0.15, 0.2) is 10.7 Å². The second-order valence-corrected chi connectivity index (χ2v) is 2.68. The average molecular weight is 200 g/mol. The number of nitrogens with one attached hydrogen (secondary N) is 1. The standard InChI is InChI=1S/C9H16N2O3/c1-3-12-4-5-13-9-11-8(6-10-2)7-14-9/h7,10H,3-6H2,1-2H3. The molecule has 80 valence electrons. The minimum Gasteiger partial charge on any atom is -0.448 e. The smallest absolute Gasteiger partial charge is 0.393 e. The first-order valence-corrected chi connectivity index (χ1v) is 4.66. The van der Waals surface area contributed by atoms with E-state index >= 15 is 0 Å². The Kier molecular flexibility index (Phi) is 5.03. The molecule has 1 aromatic heterocycles. The van der Waals surface area contributed by atoms with Crippen molar-refractivity contribution in [2.45, 2.75) is 13.5 Å². The molecule has 0 aliphatic heterocycles. The molecule has 0 unspecified atom stereocenters. The third-order valence-electron chi connectivity index (χ3n) is 1.55. The zero-order valence-corrected chi connectivity index (χ0v) is 8.58. The van der Waals surface area contributed by atoms with Crippen LogP contribution in [0, 0.1) is 0 Å². The summed E-state index contributed by atoms with van der Waals surface area (Å²) in [5.74, 6) is 0. The van der Waals surface area contributed by atoms with Crippen LogP contribution in [-0.2, 0) is 11.3 Å². The first-order valence-electron chi connectivity index (χ1n) is 4.66. The van der Waals surface area contributed by atoms with Gasteiger partial charge in [-0.2, -0.15) is 4.98 Å². The first-order chi connectivity index (χ1) is 6.86. The Morgan fingerprint density at radius 3 is 3.07 bits per heavy atom. The fourth-order valence-electron chi connectivity index (χ4n) is 0.949. The predicted molar refractivity (Wildman–Crippen MR) is 51.3 cm³/mol. The lowest BCUT2D eigenvalue weighted by atomic mass is 10.5. The van der Waals surface area contributed by atoms with Crippen LogP contribution < -0.4 is 10.1 Å². The van der Waals surface area contributed by atoms with Crippen LogP contribution in [0.2, 0.25) is 0 Å². The third kappa shape index (κ3) is 3.76. The number of hydrogen-bond acceptors (Lipinski definition) is 5. The van der Waals surface area contributed by atoms with E-state index in [-0.39, 0.29) is 0 Å². The van der Waals surface area contributed by atoms with Gasteiger partial charge in [-0.25, -0.2) is 0 Å². The molecule has 0 aliphatic carbocycles. The number of oxazole rings is 1. The molecule has 0 amide bonds. The van der Waals surface area contributed by atoms with E-state index in [0.29, 0.717) is 32.4 Å². The molecular formula is C9H16N2O3. The van der Waals surface area contributed by atoms with E-state index in [1.54, 1.807) is 6.26 Å². The first kappa shape index (κ1) is 11.0. The molecule has 5 heteroatoms. The zero-order valence-electron chi connectivity index (χ0n) is 8.58. The van der Waals surface area contributed by atoms with Gasteiger partial charge < -0.3 is 19.2 Å². The molecule has 0 aliphatic rings. The molecule has 0 radical (unpaired) electrons. The Morgan fingerprint density at radius 1 is 1.50 bits per heavy atom. The monoisotopic (exact) mass is 200 g/mol. The summed E-state index contributed by atoms with van der Waals surface area (Å²) in [5.41, 5.74) is 0.832. The topological polar surface area (TPSA) is 56.5 Å². The van der Waals surface area contributed by atoms with Crippen LogP contribution in [0.25, 0.3) is 0 Å². The van der Waals surface area contributed by atoms with Gasteiger partial charge in [0.05, 0.1) is 12.3 Å². The molecule has 0 saturated heterocycles. The maximum atomic E-state index is 5.20. The molecular weight excluding hydrogens is 184 g/mol. The van der Waals surface area contributed by atoms with Gasteiger partial charge in [-0.3, -0.25) is 0 Å². The van der Waals surface area contributed by atoms with Gasteiger partial charge in [-0.05, 0) is 14.0 Å². The summed E-state index contributed by atoms with van der Waals surface area (Å²) in [6.07, 6.45) is 1.88. The van der Waals surface area contributed by atoms with E-state index in [0.717, 1.165) is 5.69 Å². The Morgan fingerprint density at radius 2 is 2.36 bits per heavy atom. The van der Waals surface area contributed by atoms with Gasteiger partial charge in [0.15, 0.2) is 0 Å². The van der Waals surface area contributed by atoms with Crippen molar-refractivity contribution < 1.29 is 13.9 Å². The van der Waals surface area contributed by atoms with Gasteiger partial charge >= 0.3 is 6.08 Å². The van der Waals surface area contributed by atoms with Crippen LogP contribution in [0.3, 0.4) is 0 Å². The minimum absolute atomic E-state index is 0.301. The number of ether oxygens (including phenoxy) is 2. The van der Waals surface area contributed by atoms with Gasteiger partial charge in [0.25, 0.3) is 0 Å². The van der Waals surface area contributed by atoms with Crippen LogP contribution >= 0.6 is 0 Å². The van der Waals surface area contributed by atoms with Gasteiger partial charge in [0.1, 0.15) is 12.9 Å². The Hall–Kier alpha value is -1.07. The summed E-state index contributed by atoms with van der Waals surface area (Å²) in [7, 11) is 1.85. The number of nitrogens with zero attached hydrogens (tertiary/aromatic N) is 1. The van der Waals surface area contributed by atoms with E-state index in [9.17, 15) is 0 Å². The lowest BCUT2D eigenvalue weighted by Gasteiger charge is -2.00. The van der Waals surface area contributed by atoms with E-state index in [1.807, 2.05) is 14.0 Å². The van der Waals surface area contributed by atoms with Gasteiger partial charge in [0, 0.05) is 13.2 Å². The lowest BCUT2D eigenvalue weighted by molar-refractivity contribution is 0.0965. The Balaban J connectivity index is 2.22. The number of aromatic nitrogens is 1. The average Bonchev–Trinajstić information content (AvgIpc) is 2.61. The Labute approximate surface area is 83.4 Å². The van der Waals surface area contributed by atoms with E-state index in [1.165, 1.54) is 0 Å². The van der Waals surface area contributed by atoms with Crippen molar-refractivity contribution in [3.63, 3.8) is 0 Å². The summed E-state index contributed by atoms with van der Waals surface area (Å²) in [6.45, 7) is 4.34. The SMILES string of the molecule is CCOCCOc1nc(CNC)co1. The molecule has 0 saturated carbocycles. The van der Waals surface area contributed by atoms with Crippen LogP contribution in [0.1, 0.15) is 12.6 Å². The summed E-state index contributed by atoms with van der Waals surface area (Å²) in [4.78, 5) is 4.09. The van der Waals surface area contributed by atoms with Crippen molar-refractivity contribution >= 4 is 0 Å². The Bertz CT molecular complexity index is 250. The van der Waals surface area contributed by atoms with Crippen molar-refractivity contribution in [3.05, 3.63) is 12.0 Å². The fraction of sp³-hybridized carbons (Fsp3) is 0.667. The van der Waals surface area contributed by atoms with Gasteiger partial charge in [-0.1, -0.05) is 0 Å². The zero-order chi connectivity index (χ0) is 10.2. The van der Waals surface area contributed by atoms with Crippen LogP contribution in [0.4, 0.5) is 0 Å². The molecule has 1 heterocycles. The van der Waals surface area contributed by atoms with Crippen LogP contribution in [-0.4, -0.2) is 31.9 Å². The highest BCUT2D eigenvalue weighted by molar-refractivity contribution is 4.99. The largest absolute Gasteiger partial charge is 0.448 e. The molecule has 1 rings (SSSR count). The van der Waals surface area contributed by atoms with Crippen LogP contribution in [0.5, 0.6) is 6.08 Å². The summed E-state index contributed by atoms with van der Waals surface area (Å²) < 4.78 is 15.4. The molecule has 0 spiro atoms. The second kappa shape index (κ2) is 6.39. The molecule has 0 fully saturated rings. The number of rotatable bonds is 7. The fourth-order valence-corrected chi connectivity index (χ4v) is 0.949. The summed E-state index contributed by atoms with van der Waals surface area (Å²) in [6, 6.07) is 0. The molecule has 14 heavy (non-hydrogen) atoms. The summed E-state index contributed by atoms with van der Waals surface area (Å²) in [5, 5.41) is 2.97. The van der Waals surface area contributed by atoms with Crippen molar-refractivity contribution in [2.75, 3.05) is 26.9 Å². The van der Waals surface area contributed by atoms with Gasteiger partial charge in [-0.15, -0.1) is 0 Å². The molecule has 5 nitrogen and oxygen atoms in total. The molecule has 1 N–H and O–H groups in total. The number of hydrogen-bond donors (Lipinski definition) is 1. The quantitative estimate of drug-likeness (QED) is 0.660. The lowest BCUT2D eigenvalue weighted by Crippen LogP contribution is -2.07. The normalized spacial score (nSPS) is 10.4. The van der Waals surface area contributed by atoms with Crippen molar-refractivity contribution in [1.29, 1.82) is 0 Å². The second-order valence-electron chi connectivity index (χ2n) is 2.68. The van der Waals surface area contributed by atoms with Crippen molar-refractivity contribution in [1.82, 2.24) is 10.3 Å². The molecule has 1 aromatic rings. The van der Waals surface area contributed by atoms with Crippen molar-refractivity contribution in [2.24, 2.45) is 0 Å². The summed E-state index contributed by atoms with van der Waals surface area (Å²) >= 11 is 0. The molecule has 0 bridgehead atoms. The highest BCUT2D eigenvalue weighted by Gasteiger charge is 2.03. The van der Waals surface area contributed by atoms with E-state index < -0.39 is 0 Å². The maximum Gasteiger partial charge on any atom is 0.393 e. The van der Waals surface area contributed by atoms with E-state index in [4.69, 9.17) is 13.9 Å². The highest BCUT2D eigenvalue weighted by Crippen LogP contribution is 2.09. The highest BCUT2D eigenvalue weighted by atomic mass is 16.6. The van der Waals surface area contributed by atoms with Gasteiger partial charge in [0.2, 0.25) is 0 Å². The minimum atomic E-state index is 0.301.